The fourth-order valence-corrected chi connectivity index (χ4v) is 4.66. The van der Waals surface area contributed by atoms with E-state index in [2.05, 4.69) is 11.0 Å². The van der Waals surface area contributed by atoms with Gasteiger partial charge in [0.1, 0.15) is 5.82 Å². The minimum Gasteiger partial charge on any atom is -0.378 e. The molecule has 2 fully saturated rings. The Balaban J connectivity index is 0.00000240. The Morgan fingerprint density at radius 3 is 2.55 bits per heavy atom. The van der Waals surface area contributed by atoms with Crippen molar-refractivity contribution in [1.29, 1.82) is 0 Å². The van der Waals surface area contributed by atoms with Crippen molar-refractivity contribution in [2.75, 3.05) is 37.7 Å². The van der Waals surface area contributed by atoms with E-state index in [1.807, 2.05) is 24.3 Å². The lowest BCUT2D eigenvalue weighted by atomic mass is 9.68. The third kappa shape index (κ3) is 4.61. The molecule has 0 unspecified atom stereocenters. The molecule has 6 nitrogen and oxygen atoms in total. The number of morpholine rings is 1. The highest BCUT2D eigenvalue weighted by molar-refractivity contribution is 6.30. The van der Waals surface area contributed by atoms with E-state index in [0.29, 0.717) is 19.8 Å². The monoisotopic (exact) mass is 438 g/mol. The molecular formula is C21H28Cl2N4O2. The van der Waals surface area contributed by atoms with Gasteiger partial charge in [0.25, 0.3) is 5.56 Å². The molecule has 2 heterocycles. The van der Waals surface area contributed by atoms with Gasteiger partial charge in [-0.1, -0.05) is 23.7 Å². The molecule has 158 valence electrons. The van der Waals surface area contributed by atoms with Crippen molar-refractivity contribution in [2.45, 2.75) is 37.1 Å². The van der Waals surface area contributed by atoms with Gasteiger partial charge >= 0.3 is 0 Å². The van der Waals surface area contributed by atoms with Crippen molar-refractivity contribution in [3.8, 4) is 0 Å². The fraction of sp³-hybridized carbons (Fsp3) is 0.524. The second kappa shape index (κ2) is 9.47. The fourth-order valence-electron chi connectivity index (χ4n) is 4.47. The SMILES string of the molecule is Cl.NC[C@]1(c2cccc(Cl)c2)CC[C@H](n2nc(N3CCOCC3)ccc2=O)CC1. The number of aromatic nitrogens is 2. The van der Waals surface area contributed by atoms with Gasteiger partial charge in [0.2, 0.25) is 0 Å². The lowest BCUT2D eigenvalue weighted by molar-refractivity contribution is 0.122. The summed E-state index contributed by atoms with van der Waals surface area (Å²) in [6, 6.07) is 11.6. The van der Waals surface area contributed by atoms with Gasteiger partial charge in [-0.05, 0) is 49.4 Å². The van der Waals surface area contributed by atoms with E-state index in [-0.39, 0.29) is 29.4 Å². The van der Waals surface area contributed by atoms with Crippen LogP contribution in [0.3, 0.4) is 0 Å². The molecule has 1 saturated heterocycles. The van der Waals surface area contributed by atoms with Gasteiger partial charge in [-0.25, -0.2) is 4.68 Å². The topological polar surface area (TPSA) is 73.4 Å². The number of halogens is 2. The predicted octanol–water partition coefficient (Wildman–Crippen LogP) is 3.17. The molecule has 0 radical (unpaired) electrons. The number of nitrogens with zero attached hydrogens (tertiary/aromatic N) is 3. The van der Waals surface area contributed by atoms with E-state index in [9.17, 15) is 4.79 Å². The quantitative estimate of drug-likeness (QED) is 0.793. The van der Waals surface area contributed by atoms with E-state index < -0.39 is 0 Å². The highest BCUT2D eigenvalue weighted by Crippen LogP contribution is 2.42. The van der Waals surface area contributed by atoms with Gasteiger partial charge in [0.15, 0.2) is 0 Å². The zero-order chi connectivity index (χ0) is 19.6. The van der Waals surface area contributed by atoms with Gasteiger partial charge < -0.3 is 15.4 Å². The molecule has 1 aromatic carbocycles. The summed E-state index contributed by atoms with van der Waals surface area (Å²) in [5.74, 6) is 0.855. The number of ether oxygens (including phenoxy) is 1. The van der Waals surface area contributed by atoms with Crippen LogP contribution in [0, 0.1) is 0 Å². The molecule has 2 N–H and O–H groups in total. The first-order valence-corrected chi connectivity index (χ1v) is 10.4. The zero-order valence-corrected chi connectivity index (χ0v) is 18.0. The Labute approximate surface area is 182 Å². The third-order valence-corrected chi connectivity index (χ3v) is 6.47. The molecule has 0 amide bonds. The van der Waals surface area contributed by atoms with Crippen LogP contribution in [0.25, 0.3) is 0 Å². The van der Waals surface area contributed by atoms with Crippen molar-refractivity contribution >= 4 is 29.8 Å². The minimum atomic E-state index is -0.0766. The summed E-state index contributed by atoms with van der Waals surface area (Å²) in [6.45, 7) is 3.59. The van der Waals surface area contributed by atoms with Gasteiger partial charge in [-0.3, -0.25) is 4.79 Å². The number of hydrogen-bond acceptors (Lipinski definition) is 5. The summed E-state index contributed by atoms with van der Waals surface area (Å²) in [5.41, 5.74) is 7.29. The average Bonchev–Trinajstić information content (AvgIpc) is 2.75. The third-order valence-electron chi connectivity index (χ3n) is 6.23. The first-order valence-electron chi connectivity index (χ1n) is 10.00. The highest BCUT2D eigenvalue weighted by atomic mass is 35.5. The van der Waals surface area contributed by atoms with Crippen molar-refractivity contribution in [3.05, 3.63) is 57.3 Å². The second-order valence-corrected chi connectivity index (χ2v) is 8.24. The molecule has 2 aliphatic rings. The smallest absolute Gasteiger partial charge is 0.267 e. The normalized spacial score (nSPS) is 24.8. The molecule has 1 saturated carbocycles. The highest BCUT2D eigenvalue weighted by Gasteiger charge is 2.37. The molecule has 29 heavy (non-hydrogen) atoms. The van der Waals surface area contributed by atoms with Crippen molar-refractivity contribution in [2.24, 2.45) is 5.73 Å². The molecule has 1 aliphatic heterocycles. The lowest BCUT2D eigenvalue weighted by Gasteiger charge is -2.40. The summed E-state index contributed by atoms with van der Waals surface area (Å²) in [4.78, 5) is 14.7. The summed E-state index contributed by atoms with van der Waals surface area (Å²) >= 11 is 6.21. The maximum atomic E-state index is 12.5. The number of benzene rings is 1. The van der Waals surface area contributed by atoms with Gasteiger partial charge in [0, 0.05) is 36.1 Å². The van der Waals surface area contributed by atoms with Gasteiger partial charge in [-0.15, -0.1) is 12.4 Å². The Bertz CT molecular complexity index is 875. The molecule has 0 spiro atoms. The standard InChI is InChI=1S/C21H27ClN4O2.ClH/c22-17-3-1-2-16(14-17)21(15-23)8-6-18(7-9-21)26-20(27)5-4-19(24-26)25-10-12-28-13-11-25;/h1-5,14,18H,6-13,15,23H2;1H/t18-,21-;. The van der Waals surface area contributed by atoms with Crippen molar-refractivity contribution in [1.82, 2.24) is 9.78 Å². The Morgan fingerprint density at radius 1 is 1.17 bits per heavy atom. The van der Waals surface area contributed by atoms with E-state index in [1.165, 1.54) is 5.56 Å². The van der Waals surface area contributed by atoms with Crippen LogP contribution >= 0.6 is 24.0 Å². The summed E-state index contributed by atoms with van der Waals surface area (Å²) in [6.07, 6.45) is 3.60. The van der Waals surface area contributed by atoms with Crippen LogP contribution < -0.4 is 16.2 Å². The maximum absolute atomic E-state index is 12.5. The lowest BCUT2D eigenvalue weighted by Crippen LogP contribution is -2.42. The van der Waals surface area contributed by atoms with Crippen LogP contribution in [-0.2, 0) is 10.2 Å². The minimum absolute atomic E-state index is 0. The summed E-state index contributed by atoms with van der Waals surface area (Å²) < 4.78 is 7.10. The second-order valence-electron chi connectivity index (χ2n) is 7.80. The number of nitrogens with two attached hydrogens (primary N) is 1. The van der Waals surface area contributed by atoms with E-state index >= 15 is 0 Å². The number of rotatable bonds is 4. The van der Waals surface area contributed by atoms with Crippen LogP contribution in [0.5, 0.6) is 0 Å². The number of hydrogen-bond donors (Lipinski definition) is 1. The molecular weight excluding hydrogens is 411 g/mol. The molecule has 2 aromatic rings. The van der Waals surface area contributed by atoms with Crippen molar-refractivity contribution < 1.29 is 4.74 Å². The number of anilines is 1. The first-order chi connectivity index (χ1) is 13.6. The van der Waals surface area contributed by atoms with Crippen LogP contribution in [0.15, 0.2) is 41.2 Å². The molecule has 8 heteroatoms. The van der Waals surface area contributed by atoms with E-state index in [4.69, 9.17) is 27.2 Å². The molecule has 0 bridgehead atoms. The van der Waals surface area contributed by atoms with Crippen LogP contribution in [-0.4, -0.2) is 42.6 Å². The van der Waals surface area contributed by atoms with E-state index in [1.54, 1.807) is 10.7 Å². The molecule has 1 aliphatic carbocycles. The maximum Gasteiger partial charge on any atom is 0.267 e. The first kappa shape index (κ1) is 22.1. The Hall–Kier alpha value is -1.60. The van der Waals surface area contributed by atoms with Gasteiger partial charge in [-0.2, -0.15) is 5.10 Å². The molecule has 4 rings (SSSR count). The van der Waals surface area contributed by atoms with Crippen LogP contribution in [0.1, 0.15) is 37.3 Å². The Kier molecular flexibility index (Phi) is 7.22. The average molecular weight is 439 g/mol. The van der Waals surface area contributed by atoms with E-state index in [0.717, 1.165) is 49.6 Å². The summed E-state index contributed by atoms with van der Waals surface area (Å²) in [5, 5.41) is 5.44. The molecule has 1 aromatic heterocycles. The van der Waals surface area contributed by atoms with Crippen molar-refractivity contribution in [3.63, 3.8) is 0 Å². The van der Waals surface area contributed by atoms with Crippen LogP contribution in [0.4, 0.5) is 5.82 Å². The zero-order valence-electron chi connectivity index (χ0n) is 16.4. The van der Waals surface area contributed by atoms with Gasteiger partial charge in [0.05, 0.1) is 19.3 Å². The van der Waals surface area contributed by atoms with Crippen LogP contribution in [0.2, 0.25) is 5.02 Å². The summed E-state index contributed by atoms with van der Waals surface area (Å²) in [7, 11) is 0. The largest absolute Gasteiger partial charge is 0.378 e. The molecule has 0 atom stereocenters. The Morgan fingerprint density at radius 2 is 1.90 bits per heavy atom. The predicted molar refractivity (Wildman–Crippen MR) is 118 cm³/mol.